The van der Waals surface area contributed by atoms with E-state index in [9.17, 15) is 0 Å². The maximum atomic E-state index is 6.12. The number of aromatic nitrogens is 1. The van der Waals surface area contributed by atoms with Crippen molar-refractivity contribution in [2.45, 2.75) is 58.7 Å². The fourth-order valence-electron chi connectivity index (χ4n) is 3.33. The van der Waals surface area contributed by atoms with Gasteiger partial charge in [0.25, 0.3) is 0 Å². The third kappa shape index (κ3) is 6.07. The quantitative estimate of drug-likeness (QED) is 0.338. The molecule has 0 fully saturated rings. The Morgan fingerprint density at radius 2 is 2.11 bits per heavy atom. The van der Waals surface area contributed by atoms with Crippen LogP contribution in [0.5, 0.6) is 5.75 Å². The molecule has 1 unspecified atom stereocenters. The number of para-hydroxylation sites is 1. The Kier molecular flexibility index (Phi) is 8.12. The minimum absolute atomic E-state index is 0. The largest absolute Gasteiger partial charge is 0.487 e. The summed E-state index contributed by atoms with van der Waals surface area (Å²) >= 11 is 1.77. The molecule has 1 aliphatic rings. The Bertz CT molecular complexity index is 803. The molecule has 3 rings (SSSR count). The van der Waals surface area contributed by atoms with E-state index in [1.54, 1.807) is 11.3 Å². The molecule has 0 bridgehead atoms. The summed E-state index contributed by atoms with van der Waals surface area (Å²) in [6, 6.07) is 8.39. The Hall–Kier alpha value is -1.35. The normalized spacial score (nSPS) is 18.1. The van der Waals surface area contributed by atoms with Crippen molar-refractivity contribution in [2.24, 2.45) is 10.9 Å². The number of hydrogen-bond acceptors (Lipinski definition) is 4. The van der Waals surface area contributed by atoms with Crippen LogP contribution in [0.4, 0.5) is 0 Å². The van der Waals surface area contributed by atoms with Crippen molar-refractivity contribution in [3.63, 3.8) is 0 Å². The van der Waals surface area contributed by atoms with Gasteiger partial charge in [0.1, 0.15) is 11.4 Å². The van der Waals surface area contributed by atoms with E-state index in [0.717, 1.165) is 31.1 Å². The highest BCUT2D eigenvalue weighted by atomic mass is 127. The van der Waals surface area contributed by atoms with Crippen LogP contribution in [0, 0.1) is 5.92 Å². The lowest BCUT2D eigenvalue weighted by Gasteiger charge is -2.38. The van der Waals surface area contributed by atoms with Crippen LogP contribution in [0.3, 0.4) is 0 Å². The average Bonchev–Trinajstić information content (AvgIpc) is 3.04. The van der Waals surface area contributed by atoms with Gasteiger partial charge in [-0.15, -0.1) is 35.3 Å². The Morgan fingerprint density at radius 3 is 2.82 bits per heavy atom. The highest BCUT2D eigenvalue weighted by molar-refractivity contribution is 14.0. The number of aliphatic imine (C=N–C) groups is 1. The topological polar surface area (TPSA) is 58.5 Å². The van der Waals surface area contributed by atoms with Gasteiger partial charge in [0.15, 0.2) is 5.96 Å². The molecular formula is C21H31IN4OS. The summed E-state index contributed by atoms with van der Waals surface area (Å²) in [5.74, 6) is 2.37. The Balaban J connectivity index is 0.00000280. The summed E-state index contributed by atoms with van der Waals surface area (Å²) in [4.78, 5) is 10.2. The molecule has 0 radical (unpaired) electrons. The van der Waals surface area contributed by atoms with E-state index in [-0.39, 0.29) is 35.6 Å². The number of benzene rings is 1. The maximum absolute atomic E-state index is 6.12. The second kappa shape index (κ2) is 9.91. The summed E-state index contributed by atoms with van der Waals surface area (Å²) in [5.41, 5.74) is 0.964. The molecule has 2 N–H and O–H groups in total. The van der Waals surface area contributed by atoms with Gasteiger partial charge < -0.3 is 15.4 Å². The number of halogens is 1. The second-order valence-electron chi connectivity index (χ2n) is 8.04. The monoisotopic (exact) mass is 514 g/mol. The molecule has 1 atom stereocenters. The van der Waals surface area contributed by atoms with Crippen molar-refractivity contribution in [2.75, 3.05) is 7.05 Å². The molecule has 1 aromatic heterocycles. The first-order valence-electron chi connectivity index (χ1n) is 9.55. The van der Waals surface area contributed by atoms with Crippen LogP contribution in [-0.4, -0.2) is 23.6 Å². The Morgan fingerprint density at radius 1 is 1.36 bits per heavy atom. The third-order valence-electron chi connectivity index (χ3n) is 4.53. The summed E-state index contributed by atoms with van der Waals surface area (Å²) in [7, 11) is 1.81. The van der Waals surface area contributed by atoms with Gasteiger partial charge in [-0.1, -0.05) is 32.0 Å². The number of fused-ring (bicyclic) bond motifs is 1. The van der Waals surface area contributed by atoms with Gasteiger partial charge in [-0.2, -0.15) is 0 Å². The first-order valence-corrected chi connectivity index (χ1v) is 10.4. The van der Waals surface area contributed by atoms with Gasteiger partial charge in [-0.05, 0) is 25.8 Å². The van der Waals surface area contributed by atoms with Crippen molar-refractivity contribution in [3.05, 3.63) is 45.9 Å². The first kappa shape index (κ1) is 22.9. The van der Waals surface area contributed by atoms with Crippen LogP contribution in [-0.2, 0) is 13.0 Å². The van der Waals surface area contributed by atoms with Crippen LogP contribution in [0.25, 0.3) is 0 Å². The zero-order valence-electron chi connectivity index (χ0n) is 17.3. The molecular weight excluding hydrogens is 483 g/mol. The number of hydrogen-bond donors (Lipinski definition) is 2. The number of guanidine groups is 1. The molecule has 0 amide bonds. The van der Waals surface area contributed by atoms with Crippen LogP contribution < -0.4 is 15.4 Å². The van der Waals surface area contributed by atoms with Crippen molar-refractivity contribution in [3.8, 4) is 5.75 Å². The molecule has 2 aromatic rings. The van der Waals surface area contributed by atoms with E-state index in [1.807, 2.05) is 25.4 Å². The zero-order valence-corrected chi connectivity index (χ0v) is 20.4. The van der Waals surface area contributed by atoms with Crippen LogP contribution in [0.2, 0.25) is 0 Å². The van der Waals surface area contributed by atoms with E-state index >= 15 is 0 Å². The molecule has 28 heavy (non-hydrogen) atoms. The average molecular weight is 514 g/mol. The van der Waals surface area contributed by atoms with Crippen molar-refractivity contribution in [1.82, 2.24) is 15.6 Å². The lowest BCUT2D eigenvalue weighted by Crippen LogP contribution is -2.45. The number of thiazole rings is 1. The zero-order chi connectivity index (χ0) is 19.4. The molecule has 0 saturated heterocycles. The predicted molar refractivity (Wildman–Crippen MR) is 128 cm³/mol. The predicted octanol–water partition coefficient (Wildman–Crippen LogP) is 4.93. The molecule has 7 heteroatoms. The van der Waals surface area contributed by atoms with Crippen LogP contribution >= 0.6 is 35.3 Å². The molecule has 2 heterocycles. The maximum Gasteiger partial charge on any atom is 0.191 e. The summed E-state index contributed by atoms with van der Waals surface area (Å²) < 4.78 is 6.12. The van der Waals surface area contributed by atoms with E-state index < -0.39 is 0 Å². The summed E-state index contributed by atoms with van der Waals surface area (Å²) in [5, 5.41) is 8.20. The SMILES string of the molecule is CN=C(NCc1cnc(CC(C)C)s1)NC1CC(C)(C)Oc2ccccc21.I. The van der Waals surface area contributed by atoms with Gasteiger partial charge in [-0.25, -0.2) is 4.98 Å². The van der Waals surface area contributed by atoms with E-state index in [4.69, 9.17) is 4.74 Å². The minimum Gasteiger partial charge on any atom is -0.487 e. The number of ether oxygens (including phenoxy) is 1. The molecule has 0 spiro atoms. The first-order chi connectivity index (χ1) is 12.9. The standard InChI is InChI=1S/C21H30N4OS.HI/c1-14(2)10-19-23-12-15(27-19)13-24-20(22-5)25-17-11-21(3,4)26-18-9-7-6-8-16(17)18;/h6-9,12,14,17H,10-11,13H2,1-5H3,(H2,22,24,25);1H. The van der Waals surface area contributed by atoms with Crippen molar-refractivity contribution >= 4 is 41.3 Å². The molecule has 154 valence electrons. The molecule has 1 aliphatic heterocycles. The van der Waals surface area contributed by atoms with E-state index in [1.165, 1.54) is 15.4 Å². The molecule has 1 aromatic carbocycles. The van der Waals surface area contributed by atoms with Crippen molar-refractivity contribution in [1.29, 1.82) is 0 Å². The van der Waals surface area contributed by atoms with E-state index in [2.05, 4.69) is 60.4 Å². The van der Waals surface area contributed by atoms with Gasteiger partial charge in [-0.3, -0.25) is 4.99 Å². The highest BCUT2D eigenvalue weighted by Gasteiger charge is 2.33. The van der Waals surface area contributed by atoms with Gasteiger partial charge in [0, 0.05) is 36.5 Å². The van der Waals surface area contributed by atoms with Gasteiger partial charge in [0.05, 0.1) is 17.6 Å². The lowest BCUT2D eigenvalue weighted by atomic mass is 9.90. The summed E-state index contributed by atoms with van der Waals surface area (Å²) in [6.45, 7) is 9.42. The Labute approximate surface area is 189 Å². The summed E-state index contributed by atoms with van der Waals surface area (Å²) in [6.07, 6.45) is 3.88. The molecule has 0 saturated carbocycles. The number of nitrogens with zero attached hydrogens (tertiary/aromatic N) is 2. The van der Waals surface area contributed by atoms with Crippen LogP contribution in [0.1, 0.15) is 55.6 Å². The fraction of sp³-hybridized carbons (Fsp3) is 0.524. The molecule has 0 aliphatic carbocycles. The minimum atomic E-state index is -0.214. The smallest absolute Gasteiger partial charge is 0.191 e. The van der Waals surface area contributed by atoms with Gasteiger partial charge in [0.2, 0.25) is 0 Å². The second-order valence-corrected chi connectivity index (χ2v) is 9.24. The number of rotatable bonds is 5. The third-order valence-corrected chi connectivity index (χ3v) is 5.54. The highest BCUT2D eigenvalue weighted by Crippen LogP contribution is 2.39. The molecule has 5 nitrogen and oxygen atoms in total. The van der Waals surface area contributed by atoms with Crippen molar-refractivity contribution < 1.29 is 4.74 Å². The van der Waals surface area contributed by atoms with Crippen LogP contribution in [0.15, 0.2) is 35.5 Å². The lowest BCUT2D eigenvalue weighted by molar-refractivity contribution is 0.0694. The number of nitrogens with one attached hydrogen (secondary N) is 2. The van der Waals surface area contributed by atoms with Gasteiger partial charge >= 0.3 is 0 Å². The van der Waals surface area contributed by atoms with E-state index in [0.29, 0.717) is 5.92 Å². The fourth-order valence-corrected chi connectivity index (χ4v) is 4.41.